The third-order valence-electron chi connectivity index (χ3n) is 3.12. The summed E-state index contributed by atoms with van der Waals surface area (Å²) in [6.45, 7) is 4.09. The van der Waals surface area contributed by atoms with E-state index in [-0.39, 0.29) is 5.78 Å². The molecule has 1 nitrogen and oxygen atoms in total. The van der Waals surface area contributed by atoms with Crippen molar-refractivity contribution in [1.82, 2.24) is 0 Å². The zero-order valence-corrected chi connectivity index (χ0v) is 13.2. The Balaban J connectivity index is 1.96. The summed E-state index contributed by atoms with van der Waals surface area (Å²) in [5.41, 5.74) is 3.48. The van der Waals surface area contributed by atoms with E-state index in [0.29, 0.717) is 17.2 Å². The molecule has 3 heteroatoms. The van der Waals surface area contributed by atoms with Gasteiger partial charge < -0.3 is 0 Å². The Morgan fingerprint density at radius 1 is 1.15 bits per heavy atom. The number of ketones is 1. The SMILES string of the molecule is Cc1ccc(C)c(CC(=O)CSc2ccccc2Cl)c1. The smallest absolute Gasteiger partial charge is 0.147 e. The van der Waals surface area contributed by atoms with Crippen LogP contribution < -0.4 is 0 Å². The molecular weight excluding hydrogens is 288 g/mol. The summed E-state index contributed by atoms with van der Waals surface area (Å²) in [7, 11) is 0. The van der Waals surface area contributed by atoms with Gasteiger partial charge in [0.15, 0.2) is 0 Å². The molecule has 0 aliphatic carbocycles. The van der Waals surface area contributed by atoms with E-state index in [2.05, 4.69) is 18.2 Å². The lowest BCUT2D eigenvalue weighted by Crippen LogP contribution is -2.07. The van der Waals surface area contributed by atoms with E-state index in [9.17, 15) is 4.79 Å². The van der Waals surface area contributed by atoms with Crippen LogP contribution in [0.1, 0.15) is 16.7 Å². The third-order valence-corrected chi connectivity index (χ3v) is 4.69. The Morgan fingerprint density at radius 3 is 2.65 bits per heavy atom. The van der Waals surface area contributed by atoms with E-state index in [1.807, 2.05) is 38.1 Å². The van der Waals surface area contributed by atoms with Crippen LogP contribution in [0, 0.1) is 13.8 Å². The average Bonchev–Trinajstić information content (AvgIpc) is 2.42. The Morgan fingerprint density at radius 2 is 1.90 bits per heavy atom. The number of benzene rings is 2. The number of carbonyl (C=O) groups excluding carboxylic acids is 1. The summed E-state index contributed by atoms with van der Waals surface area (Å²) < 4.78 is 0. The molecule has 0 radical (unpaired) electrons. The van der Waals surface area contributed by atoms with Gasteiger partial charge >= 0.3 is 0 Å². The molecule has 104 valence electrons. The fourth-order valence-corrected chi connectivity index (χ4v) is 3.07. The van der Waals surface area contributed by atoms with Gasteiger partial charge in [-0.1, -0.05) is 47.5 Å². The number of hydrogen-bond acceptors (Lipinski definition) is 2. The summed E-state index contributed by atoms with van der Waals surface area (Å²) in [6.07, 6.45) is 0.491. The lowest BCUT2D eigenvalue weighted by Gasteiger charge is -2.07. The first-order valence-electron chi connectivity index (χ1n) is 6.51. The first-order valence-corrected chi connectivity index (χ1v) is 7.88. The molecule has 0 saturated carbocycles. The van der Waals surface area contributed by atoms with Crippen molar-refractivity contribution in [3.8, 4) is 0 Å². The van der Waals surface area contributed by atoms with Crippen molar-refractivity contribution < 1.29 is 4.79 Å². The maximum Gasteiger partial charge on any atom is 0.147 e. The molecule has 20 heavy (non-hydrogen) atoms. The number of rotatable bonds is 5. The molecule has 0 aliphatic heterocycles. The van der Waals surface area contributed by atoms with Crippen molar-refractivity contribution in [2.75, 3.05) is 5.75 Å². The first-order chi connectivity index (χ1) is 9.56. The second-order valence-corrected chi connectivity index (χ2v) is 6.29. The molecule has 2 aromatic rings. The predicted molar refractivity (Wildman–Crippen MR) is 86.8 cm³/mol. The minimum atomic E-state index is 0.226. The van der Waals surface area contributed by atoms with Gasteiger partial charge in [-0.05, 0) is 37.1 Å². The van der Waals surface area contributed by atoms with Crippen molar-refractivity contribution in [3.05, 3.63) is 64.2 Å². The van der Waals surface area contributed by atoms with Gasteiger partial charge in [0.25, 0.3) is 0 Å². The van der Waals surface area contributed by atoms with Gasteiger partial charge in [-0.25, -0.2) is 0 Å². The maximum atomic E-state index is 12.1. The Bertz CT molecular complexity index is 622. The molecule has 0 bridgehead atoms. The molecule has 0 atom stereocenters. The highest BCUT2D eigenvalue weighted by molar-refractivity contribution is 8.00. The van der Waals surface area contributed by atoms with Crippen molar-refractivity contribution in [1.29, 1.82) is 0 Å². The van der Waals surface area contributed by atoms with Crippen LogP contribution in [0.2, 0.25) is 5.02 Å². The molecule has 0 fully saturated rings. The van der Waals surface area contributed by atoms with Crippen LogP contribution in [0.25, 0.3) is 0 Å². The molecule has 0 aromatic heterocycles. The fraction of sp³-hybridized carbons (Fsp3) is 0.235. The normalized spacial score (nSPS) is 10.6. The van der Waals surface area contributed by atoms with E-state index in [0.717, 1.165) is 10.5 Å². The number of aryl methyl sites for hydroxylation is 2. The number of thioether (sulfide) groups is 1. The summed E-state index contributed by atoms with van der Waals surface area (Å²) in [5, 5.41) is 0.706. The third kappa shape index (κ3) is 4.12. The van der Waals surface area contributed by atoms with Crippen LogP contribution in [0.3, 0.4) is 0 Å². The second-order valence-electron chi connectivity index (χ2n) is 4.86. The molecule has 2 rings (SSSR count). The number of Topliss-reactive ketones (excluding diaryl/α,β-unsaturated/α-hetero) is 1. The van der Waals surface area contributed by atoms with Crippen LogP contribution in [0.4, 0.5) is 0 Å². The van der Waals surface area contributed by atoms with Gasteiger partial charge in [-0.2, -0.15) is 0 Å². The molecular formula is C17H17ClOS. The lowest BCUT2D eigenvalue weighted by molar-refractivity contribution is -0.116. The van der Waals surface area contributed by atoms with Gasteiger partial charge in [0.2, 0.25) is 0 Å². The zero-order valence-electron chi connectivity index (χ0n) is 11.7. The second kappa shape index (κ2) is 6.96. The highest BCUT2D eigenvalue weighted by Crippen LogP contribution is 2.26. The predicted octanol–water partition coefficient (Wildman–Crippen LogP) is 4.86. The minimum absolute atomic E-state index is 0.226. The Kier molecular flexibility index (Phi) is 5.27. The summed E-state index contributed by atoms with van der Waals surface area (Å²) in [4.78, 5) is 13.1. The number of halogens is 1. The van der Waals surface area contributed by atoms with Gasteiger partial charge in [-0.15, -0.1) is 11.8 Å². The number of carbonyl (C=O) groups is 1. The van der Waals surface area contributed by atoms with E-state index in [4.69, 9.17) is 11.6 Å². The van der Waals surface area contributed by atoms with Gasteiger partial charge in [0.05, 0.1) is 10.8 Å². The molecule has 0 N–H and O–H groups in total. The van der Waals surface area contributed by atoms with E-state index in [1.54, 1.807) is 0 Å². The van der Waals surface area contributed by atoms with Gasteiger partial charge in [0, 0.05) is 11.3 Å². The van der Waals surface area contributed by atoms with E-state index in [1.165, 1.54) is 22.9 Å². The van der Waals surface area contributed by atoms with E-state index < -0.39 is 0 Å². The van der Waals surface area contributed by atoms with E-state index >= 15 is 0 Å². The number of hydrogen-bond donors (Lipinski definition) is 0. The molecule has 0 saturated heterocycles. The standard InChI is InChI=1S/C17H17ClOS/c1-12-7-8-13(2)14(9-12)10-15(19)11-20-17-6-4-3-5-16(17)18/h3-9H,10-11H2,1-2H3. The van der Waals surface area contributed by atoms with Crippen LogP contribution in [-0.4, -0.2) is 11.5 Å². The molecule has 0 amide bonds. The summed E-state index contributed by atoms with van der Waals surface area (Å²) >= 11 is 7.58. The van der Waals surface area contributed by atoms with Crippen molar-refractivity contribution in [3.63, 3.8) is 0 Å². The molecule has 0 aliphatic rings. The largest absolute Gasteiger partial charge is 0.298 e. The fourth-order valence-electron chi connectivity index (χ4n) is 1.97. The maximum absolute atomic E-state index is 12.1. The molecule has 0 spiro atoms. The van der Waals surface area contributed by atoms with Gasteiger partial charge in [-0.3, -0.25) is 4.79 Å². The van der Waals surface area contributed by atoms with Crippen LogP contribution in [0.5, 0.6) is 0 Å². The monoisotopic (exact) mass is 304 g/mol. The van der Waals surface area contributed by atoms with Crippen molar-refractivity contribution >= 4 is 29.1 Å². The summed E-state index contributed by atoms with van der Waals surface area (Å²) in [5.74, 6) is 0.681. The summed E-state index contributed by atoms with van der Waals surface area (Å²) in [6, 6.07) is 13.8. The zero-order chi connectivity index (χ0) is 14.5. The highest BCUT2D eigenvalue weighted by Gasteiger charge is 2.08. The van der Waals surface area contributed by atoms with Crippen LogP contribution in [-0.2, 0) is 11.2 Å². The molecule has 0 unspecified atom stereocenters. The average molecular weight is 305 g/mol. The van der Waals surface area contributed by atoms with Crippen LogP contribution >= 0.6 is 23.4 Å². The highest BCUT2D eigenvalue weighted by atomic mass is 35.5. The Labute approximate surface area is 129 Å². The minimum Gasteiger partial charge on any atom is -0.298 e. The van der Waals surface area contributed by atoms with Gasteiger partial charge in [0.1, 0.15) is 5.78 Å². The molecule has 2 aromatic carbocycles. The topological polar surface area (TPSA) is 17.1 Å². The quantitative estimate of drug-likeness (QED) is 0.734. The van der Waals surface area contributed by atoms with Crippen LogP contribution in [0.15, 0.2) is 47.4 Å². The van der Waals surface area contributed by atoms with Crippen molar-refractivity contribution in [2.45, 2.75) is 25.2 Å². The first kappa shape index (κ1) is 15.1. The lowest BCUT2D eigenvalue weighted by atomic mass is 10.0. The Hall–Kier alpha value is -1.25. The van der Waals surface area contributed by atoms with Crippen molar-refractivity contribution in [2.24, 2.45) is 0 Å². The molecule has 0 heterocycles.